The molecule has 2 N–H and O–H groups in total. The highest BCUT2D eigenvalue weighted by Crippen LogP contribution is 2.25. The van der Waals surface area contributed by atoms with Gasteiger partial charge in [0.05, 0.1) is 30.7 Å². The van der Waals surface area contributed by atoms with E-state index in [0.717, 1.165) is 11.3 Å². The van der Waals surface area contributed by atoms with Gasteiger partial charge >= 0.3 is 5.97 Å². The van der Waals surface area contributed by atoms with Gasteiger partial charge in [0, 0.05) is 18.0 Å². The van der Waals surface area contributed by atoms with Gasteiger partial charge in [0.2, 0.25) is 5.95 Å². The van der Waals surface area contributed by atoms with E-state index in [1.807, 2.05) is 0 Å². The minimum Gasteiger partial charge on any atom is -0.497 e. The number of nitrogens with zero attached hydrogens (tertiary/aromatic N) is 3. The van der Waals surface area contributed by atoms with Gasteiger partial charge in [0.1, 0.15) is 10.6 Å². The molecule has 0 atom stereocenters. The molecule has 0 aliphatic rings. The molecule has 10 heteroatoms. The highest BCUT2D eigenvalue weighted by Gasteiger charge is 2.18. The summed E-state index contributed by atoms with van der Waals surface area (Å²) in [6.07, 6.45) is 1.44. The third-order valence-corrected chi connectivity index (χ3v) is 5.08. The zero-order valence-electron chi connectivity index (χ0n) is 17.0. The quantitative estimate of drug-likeness (QED) is 0.548. The van der Waals surface area contributed by atoms with Crippen molar-refractivity contribution in [3.63, 3.8) is 0 Å². The van der Waals surface area contributed by atoms with Gasteiger partial charge in [-0.15, -0.1) is 0 Å². The second-order valence-electron chi connectivity index (χ2n) is 6.16. The molecule has 3 aromatic rings. The number of amides is 1. The number of carbonyl (C=O) groups excluding carboxylic acids is 2. The number of esters is 1. The molecule has 0 bridgehead atoms. The number of thiazole rings is 1. The van der Waals surface area contributed by atoms with Crippen LogP contribution in [0.3, 0.4) is 0 Å². The van der Waals surface area contributed by atoms with Crippen LogP contribution in [0.25, 0.3) is 0 Å². The average molecular weight is 427 g/mol. The summed E-state index contributed by atoms with van der Waals surface area (Å²) in [4.78, 5) is 37.8. The van der Waals surface area contributed by atoms with Gasteiger partial charge in [-0.2, -0.15) is 0 Å². The van der Waals surface area contributed by atoms with Crippen LogP contribution in [0.5, 0.6) is 5.75 Å². The molecule has 1 amide bonds. The largest absolute Gasteiger partial charge is 0.497 e. The lowest BCUT2D eigenvalue weighted by Gasteiger charge is -2.09. The van der Waals surface area contributed by atoms with Crippen molar-refractivity contribution in [3.05, 3.63) is 52.3 Å². The van der Waals surface area contributed by atoms with E-state index < -0.39 is 5.97 Å². The van der Waals surface area contributed by atoms with Crippen molar-refractivity contribution in [1.29, 1.82) is 0 Å². The minimum absolute atomic E-state index is 0.273. The summed E-state index contributed by atoms with van der Waals surface area (Å²) in [7, 11) is 1.56. The van der Waals surface area contributed by atoms with Crippen molar-refractivity contribution in [2.75, 3.05) is 24.4 Å². The van der Waals surface area contributed by atoms with Gasteiger partial charge < -0.3 is 20.1 Å². The number of aryl methyl sites for hydroxylation is 2. The summed E-state index contributed by atoms with van der Waals surface area (Å²) >= 11 is 1.16. The smallest absolute Gasteiger partial charge is 0.350 e. The number of benzene rings is 1. The van der Waals surface area contributed by atoms with E-state index in [0.29, 0.717) is 45.0 Å². The predicted molar refractivity (Wildman–Crippen MR) is 114 cm³/mol. The number of ether oxygens (including phenoxy) is 2. The van der Waals surface area contributed by atoms with Crippen molar-refractivity contribution in [2.24, 2.45) is 0 Å². The van der Waals surface area contributed by atoms with Crippen LogP contribution in [-0.4, -0.2) is 40.5 Å². The summed E-state index contributed by atoms with van der Waals surface area (Å²) in [5.41, 5.74) is 2.00. The Morgan fingerprint density at radius 2 is 1.97 bits per heavy atom. The van der Waals surface area contributed by atoms with E-state index in [4.69, 9.17) is 9.47 Å². The van der Waals surface area contributed by atoms with Crippen LogP contribution >= 0.6 is 11.3 Å². The molecule has 9 nitrogen and oxygen atoms in total. The number of aromatic nitrogens is 3. The second kappa shape index (κ2) is 9.31. The molecule has 0 spiro atoms. The Morgan fingerprint density at radius 1 is 1.17 bits per heavy atom. The zero-order valence-corrected chi connectivity index (χ0v) is 17.8. The fraction of sp³-hybridized carbons (Fsp3) is 0.250. The highest BCUT2D eigenvalue weighted by molar-refractivity contribution is 7.17. The lowest BCUT2D eigenvalue weighted by atomic mass is 10.2. The predicted octanol–water partition coefficient (Wildman–Crippen LogP) is 3.73. The molecule has 2 heterocycles. The Hall–Kier alpha value is -3.53. The number of rotatable bonds is 7. The first-order valence-electron chi connectivity index (χ1n) is 9.12. The molecular weight excluding hydrogens is 406 g/mol. The highest BCUT2D eigenvalue weighted by atomic mass is 32.1. The Balaban J connectivity index is 1.73. The summed E-state index contributed by atoms with van der Waals surface area (Å²) in [5, 5.41) is 6.22. The van der Waals surface area contributed by atoms with Crippen LogP contribution in [0.1, 0.15) is 38.3 Å². The maximum atomic E-state index is 12.6. The summed E-state index contributed by atoms with van der Waals surface area (Å²) < 4.78 is 10.2. The first-order valence-corrected chi connectivity index (χ1v) is 9.93. The minimum atomic E-state index is -0.415. The number of nitrogens with one attached hydrogen (secondary N) is 2. The standard InChI is InChI=1S/C20H21N5O4S/c1-5-29-18(27)16-12(3)23-20(30-16)25-19-21-10-15(11(2)22-19)17(26)24-13-7-6-8-14(9-13)28-4/h6-10H,5H2,1-4H3,(H,24,26)(H,21,22,23,25). The monoisotopic (exact) mass is 427 g/mol. The maximum Gasteiger partial charge on any atom is 0.350 e. The molecule has 0 saturated carbocycles. The van der Waals surface area contributed by atoms with Crippen molar-refractivity contribution in [1.82, 2.24) is 15.0 Å². The van der Waals surface area contributed by atoms with Crippen molar-refractivity contribution >= 4 is 40.0 Å². The molecule has 0 unspecified atom stereocenters. The maximum absolute atomic E-state index is 12.6. The van der Waals surface area contributed by atoms with Gasteiger partial charge in [0.25, 0.3) is 5.91 Å². The fourth-order valence-electron chi connectivity index (χ4n) is 2.58. The van der Waals surface area contributed by atoms with Gasteiger partial charge in [-0.05, 0) is 32.9 Å². The van der Waals surface area contributed by atoms with E-state index in [9.17, 15) is 9.59 Å². The third kappa shape index (κ3) is 4.90. The molecule has 1 aromatic carbocycles. The number of hydrogen-bond acceptors (Lipinski definition) is 9. The van der Waals surface area contributed by atoms with Crippen LogP contribution < -0.4 is 15.4 Å². The van der Waals surface area contributed by atoms with Crippen LogP contribution in [0, 0.1) is 13.8 Å². The van der Waals surface area contributed by atoms with Crippen molar-refractivity contribution in [2.45, 2.75) is 20.8 Å². The molecule has 3 rings (SSSR count). The Labute approximate surface area is 177 Å². The zero-order chi connectivity index (χ0) is 21.7. The summed E-state index contributed by atoms with van der Waals surface area (Å²) in [6.45, 7) is 5.48. The number of anilines is 3. The first-order chi connectivity index (χ1) is 14.4. The number of methoxy groups -OCH3 is 1. The number of hydrogen-bond donors (Lipinski definition) is 2. The molecule has 0 radical (unpaired) electrons. The SMILES string of the molecule is CCOC(=O)c1sc(Nc2ncc(C(=O)Nc3cccc(OC)c3)c(C)n2)nc1C. The van der Waals surface area contributed by atoms with Gasteiger partial charge in [0.15, 0.2) is 5.13 Å². The average Bonchev–Trinajstić information content (AvgIpc) is 3.08. The molecule has 30 heavy (non-hydrogen) atoms. The van der Waals surface area contributed by atoms with E-state index in [1.165, 1.54) is 6.20 Å². The van der Waals surface area contributed by atoms with E-state index >= 15 is 0 Å². The van der Waals surface area contributed by atoms with Crippen LogP contribution in [0.15, 0.2) is 30.5 Å². The Kier molecular flexibility index (Phi) is 6.58. The topological polar surface area (TPSA) is 115 Å². The molecule has 0 saturated heterocycles. The molecular formula is C20H21N5O4S. The Bertz CT molecular complexity index is 1080. The summed E-state index contributed by atoms with van der Waals surface area (Å²) in [6, 6.07) is 7.05. The first kappa shape index (κ1) is 21.2. The van der Waals surface area contributed by atoms with Crippen LogP contribution in [0.4, 0.5) is 16.8 Å². The Morgan fingerprint density at radius 3 is 2.67 bits per heavy atom. The second-order valence-corrected chi connectivity index (χ2v) is 7.16. The van der Waals surface area contributed by atoms with E-state index in [2.05, 4.69) is 25.6 Å². The molecule has 0 aliphatic heterocycles. The molecule has 2 aromatic heterocycles. The van der Waals surface area contributed by atoms with Crippen LogP contribution in [-0.2, 0) is 4.74 Å². The molecule has 156 valence electrons. The molecule has 0 aliphatic carbocycles. The van der Waals surface area contributed by atoms with Gasteiger partial charge in [-0.3, -0.25) is 4.79 Å². The summed E-state index contributed by atoms with van der Waals surface area (Å²) in [5.74, 6) is 0.167. The van der Waals surface area contributed by atoms with Crippen LogP contribution in [0.2, 0.25) is 0 Å². The molecule has 0 fully saturated rings. The lowest BCUT2D eigenvalue weighted by molar-refractivity contribution is 0.0531. The fourth-order valence-corrected chi connectivity index (χ4v) is 3.43. The number of carbonyl (C=O) groups is 2. The van der Waals surface area contributed by atoms with Gasteiger partial charge in [-0.25, -0.2) is 19.7 Å². The normalized spacial score (nSPS) is 10.4. The van der Waals surface area contributed by atoms with Crippen molar-refractivity contribution in [3.8, 4) is 5.75 Å². The van der Waals surface area contributed by atoms with Crippen molar-refractivity contribution < 1.29 is 19.1 Å². The third-order valence-electron chi connectivity index (χ3n) is 4.03. The van der Waals surface area contributed by atoms with E-state index in [1.54, 1.807) is 52.1 Å². The van der Waals surface area contributed by atoms with E-state index in [-0.39, 0.29) is 11.9 Å². The lowest BCUT2D eigenvalue weighted by Crippen LogP contribution is -2.15. The van der Waals surface area contributed by atoms with Gasteiger partial charge in [-0.1, -0.05) is 17.4 Å².